The summed E-state index contributed by atoms with van der Waals surface area (Å²) in [6.45, 7) is 2.47. The number of methoxy groups -OCH3 is 1. The van der Waals surface area contributed by atoms with Gasteiger partial charge in [0.1, 0.15) is 5.75 Å². The lowest BCUT2D eigenvalue weighted by atomic mass is 10.3. The van der Waals surface area contributed by atoms with Crippen LogP contribution in [0.5, 0.6) is 5.75 Å². The Hall–Kier alpha value is -1.26. The van der Waals surface area contributed by atoms with Crippen molar-refractivity contribution in [1.82, 2.24) is 0 Å². The maximum absolute atomic E-state index is 9.43. The largest absolute Gasteiger partial charge is 0.506 e. The molecule has 4 heteroatoms. The van der Waals surface area contributed by atoms with Gasteiger partial charge >= 0.3 is 0 Å². The van der Waals surface area contributed by atoms with E-state index in [-0.39, 0.29) is 5.75 Å². The second kappa shape index (κ2) is 7.09. The van der Waals surface area contributed by atoms with E-state index in [0.717, 1.165) is 5.69 Å². The lowest BCUT2D eigenvalue weighted by Gasteiger charge is -2.08. The number of aromatic hydroxyl groups is 1. The molecule has 4 nitrogen and oxygen atoms in total. The number of rotatable bonds is 7. The highest BCUT2D eigenvalue weighted by atomic mass is 16.5. The van der Waals surface area contributed by atoms with Gasteiger partial charge in [-0.05, 0) is 12.1 Å². The highest BCUT2D eigenvalue weighted by Gasteiger charge is 1.96. The first kappa shape index (κ1) is 11.8. The van der Waals surface area contributed by atoms with Crippen LogP contribution in [0.2, 0.25) is 0 Å². The minimum atomic E-state index is 0.259. The molecular formula is C11H17NO3. The van der Waals surface area contributed by atoms with Crippen molar-refractivity contribution >= 4 is 5.69 Å². The molecule has 0 saturated carbocycles. The Kier molecular flexibility index (Phi) is 5.58. The smallest absolute Gasteiger partial charge is 0.138 e. The molecule has 0 fully saturated rings. The second-order valence-electron chi connectivity index (χ2n) is 3.05. The van der Waals surface area contributed by atoms with Crippen molar-refractivity contribution in [2.75, 3.05) is 38.8 Å². The van der Waals surface area contributed by atoms with Crippen molar-refractivity contribution < 1.29 is 14.6 Å². The first-order valence-electron chi connectivity index (χ1n) is 4.93. The Labute approximate surface area is 89.8 Å². The monoisotopic (exact) mass is 211 g/mol. The van der Waals surface area contributed by atoms with E-state index in [1.165, 1.54) is 0 Å². The summed E-state index contributed by atoms with van der Waals surface area (Å²) < 4.78 is 10.1. The Morgan fingerprint density at radius 1 is 1.20 bits per heavy atom. The Morgan fingerprint density at radius 3 is 2.73 bits per heavy atom. The van der Waals surface area contributed by atoms with Gasteiger partial charge in [0, 0.05) is 13.7 Å². The predicted molar refractivity (Wildman–Crippen MR) is 59.3 cm³/mol. The maximum atomic E-state index is 9.43. The lowest BCUT2D eigenvalue weighted by molar-refractivity contribution is 0.0759. The zero-order chi connectivity index (χ0) is 10.9. The molecule has 2 N–H and O–H groups in total. The van der Waals surface area contributed by atoms with Gasteiger partial charge in [-0.2, -0.15) is 0 Å². The third-order valence-electron chi connectivity index (χ3n) is 1.90. The molecule has 0 aliphatic rings. The first-order valence-corrected chi connectivity index (χ1v) is 4.93. The van der Waals surface area contributed by atoms with Gasteiger partial charge in [-0.15, -0.1) is 0 Å². The number of hydrogen-bond donors (Lipinski definition) is 2. The number of ether oxygens (including phenoxy) is 2. The summed E-state index contributed by atoms with van der Waals surface area (Å²) in [6.07, 6.45) is 0. The number of hydrogen-bond acceptors (Lipinski definition) is 4. The van der Waals surface area contributed by atoms with E-state index in [4.69, 9.17) is 9.47 Å². The average molecular weight is 211 g/mol. The average Bonchev–Trinajstić information content (AvgIpc) is 2.25. The fourth-order valence-corrected chi connectivity index (χ4v) is 1.13. The summed E-state index contributed by atoms with van der Waals surface area (Å²) in [4.78, 5) is 0. The van der Waals surface area contributed by atoms with Crippen LogP contribution in [0.25, 0.3) is 0 Å². The summed E-state index contributed by atoms with van der Waals surface area (Å²) in [7, 11) is 1.64. The third-order valence-corrected chi connectivity index (χ3v) is 1.90. The van der Waals surface area contributed by atoms with Crippen molar-refractivity contribution in [1.29, 1.82) is 0 Å². The number of phenolic OH excluding ortho intramolecular Hbond substituents is 1. The lowest BCUT2D eigenvalue weighted by Crippen LogP contribution is -2.11. The van der Waals surface area contributed by atoms with Crippen molar-refractivity contribution in [2.24, 2.45) is 0 Å². The van der Waals surface area contributed by atoms with Gasteiger partial charge < -0.3 is 19.9 Å². The van der Waals surface area contributed by atoms with Crippen molar-refractivity contribution in [2.45, 2.75) is 0 Å². The molecule has 0 saturated heterocycles. The van der Waals surface area contributed by atoms with Crippen LogP contribution >= 0.6 is 0 Å². The highest BCUT2D eigenvalue weighted by Crippen LogP contribution is 2.20. The molecule has 1 rings (SSSR count). The molecule has 84 valence electrons. The molecule has 0 amide bonds. The Morgan fingerprint density at radius 2 is 2.00 bits per heavy atom. The number of para-hydroxylation sites is 2. The van der Waals surface area contributed by atoms with Gasteiger partial charge in [0.25, 0.3) is 0 Å². The van der Waals surface area contributed by atoms with Crippen molar-refractivity contribution in [3.05, 3.63) is 24.3 Å². The van der Waals surface area contributed by atoms with Crippen LogP contribution in [0.1, 0.15) is 0 Å². The fraction of sp³-hybridized carbons (Fsp3) is 0.455. The Balaban J connectivity index is 2.12. The summed E-state index contributed by atoms with van der Waals surface area (Å²) in [5.41, 5.74) is 0.729. The van der Waals surface area contributed by atoms with Gasteiger partial charge in [-0.1, -0.05) is 12.1 Å². The standard InChI is InChI=1S/C11H17NO3/c1-14-8-9-15-7-6-12-10-4-2-3-5-11(10)13/h2-5,12-13H,6-9H2,1H3. The van der Waals surface area contributed by atoms with E-state index in [1.807, 2.05) is 12.1 Å². The topological polar surface area (TPSA) is 50.7 Å². The van der Waals surface area contributed by atoms with Gasteiger partial charge in [0.15, 0.2) is 0 Å². The quantitative estimate of drug-likeness (QED) is 0.529. The molecule has 15 heavy (non-hydrogen) atoms. The summed E-state index contributed by atoms with van der Waals surface area (Å²) in [5.74, 6) is 0.259. The van der Waals surface area contributed by atoms with E-state index in [9.17, 15) is 5.11 Å². The summed E-state index contributed by atoms with van der Waals surface area (Å²) in [5, 5.41) is 12.5. The normalized spacial score (nSPS) is 10.2. The number of anilines is 1. The molecule has 0 heterocycles. The third kappa shape index (κ3) is 4.67. The van der Waals surface area contributed by atoms with E-state index >= 15 is 0 Å². The predicted octanol–water partition coefficient (Wildman–Crippen LogP) is 1.47. The van der Waals surface area contributed by atoms with Crippen LogP contribution in [-0.2, 0) is 9.47 Å². The number of benzene rings is 1. The van der Waals surface area contributed by atoms with Gasteiger partial charge in [0.2, 0.25) is 0 Å². The molecule has 1 aromatic carbocycles. The molecule has 0 atom stereocenters. The van der Waals surface area contributed by atoms with Crippen LogP contribution in [0, 0.1) is 0 Å². The minimum absolute atomic E-state index is 0.259. The molecule has 0 spiro atoms. The zero-order valence-electron chi connectivity index (χ0n) is 8.90. The fourth-order valence-electron chi connectivity index (χ4n) is 1.13. The highest BCUT2D eigenvalue weighted by molar-refractivity contribution is 5.55. The zero-order valence-corrected chi connectivity index (χ0v) is 8.90. The summed E-state index contributed by atoms with van der Waals surface area (Å²) in [6, 6.07) is 7.13. The van der Waals surface area contributed by atoms with Crippen LogP contribution in [0.4, 0.5) is 5.69 Å². The van der Waals surface area contributed by atoms with Gasteiger partial charge in [0.05, 0.1) is 25.5 Å². The minimum Gasteiger partial charge on any atom is -0.506 e. The van der Waals surface area contributed by atoms with E-state index in [1.54, 1.807) is 19.2 Å². The van der Waals surface area contributed by atoms with Crippen molar-refractivity contribution in [3.8, 4) is 5.75 Å². The molecule has 1 aromatic rings. The molecule has 0 aliphatic carbocycles. The molecular weight excluding hydrogens is 194 g/mol. The SMILES string of the molecule is COCCOCCNc1ccccc1O. The number of phenols is 1. The number of nitrogens with one attached hydrogen (secondary N) is 1. The van der Waals surface area contributed by atoms with Gasteiger partial charge in [-0.3, -0.25) is 0 Å². The summed E-state index contributed by atoms with van der Waals surface area (Å²) >= 11 is 0. The second-order valence-corrected chi connectivity index (χ2v) is 3.05. The molecule has 0 aliphatic heterocycles. The van der Waals surface area contributed by atoms with Crippen LogP contribution < -0.4 is 5.32 Å². The van der Waals surface area contributed by atoms with Crippen LogP contribution in [0.3, 0.4) is 0 Å². The van der Waals surface area contributed by atoms with E-state index in [0.29, 0.717) is 26.4 Å². The molecule has 0 aromatic heterocycles. The van der Waals surface area contributed by atoms with Crippen molar-refractivity contribution in [3.63, 3.8) is 0 Å². The van der Waals surface area contributed by atoms with Gasteiger partial charge in [-0.25, -0.2) is 0 Å². The Bertz CT molecular complexity index is 278. The van der Waals surface area contributed by atoms with E-state index in [2.05, 4.69) is 5.32 Å². The molecule has 0 radical (unpaired) electrons. The van der Waals surface area contributed by atoms with Crippen LogP contribution in [0.15, 0.2) is 24.3 Å². The maximum Gasteiger partial charge on any atom is 0.138 e. The van der Waals surface area contributed by atoms with E-state index < -0.39 is 0 Å². The van der Waals surface area contributed by atoms with Crippen LogP contribution in [-0.4, -0.2) is 38.6 Å². The molecule has 0 unspecified atom stereocenters. The molecule has 0 bridgehead atoms. The first-order chi connectivity index (χ1) is 7.34.